The van der Waals surface area contributed by atoms with Crippen molar-refractivity contribution in [2.75, 3.05) is 18.0 Å². The number of hydrogen-bond donors (Lipinski definition) is 0. The van der Waals surface area contributed by atoms with Gasteiger partial charge in [0.1, 0.15) is 11.8 Å². The zero-order chi connectivity index (χ0) is 25.7. The van der Waals surface area contributed by atoms with Gasteiger partial charge in [-0.1, -0.05) is 46.9 Å². The third kappa shape index (κ3) is 4.12. The quantitative estimate of drug-likeness (QED) is 0.477. The first-order valence-corrected chi connectivity index (χ1v) is 14.2. The van der Waals surface area contributed by atoms with Crippen molar-refractivity contribution in [1.29, 1.82) is 0 Å². The van der Waals surface area contributed by atoms with Gasteiger partial charge in [-0.2, -0.15) is 0 Å². The number of fused-ring (bicyclic) bond motifs is 2. The molecule has 1 aromatic carbocycles. The molecule has 3 amide bonds. The van der Waals surface area contributed by atoms with Gasteiger partial charge in [-0.3, -0.25) is 28.7 Å². The van der Waals surface area contributed by atoms with Gasteiger partial charge in [-0.25, -0.2) is 4.90 Å². The molecule has 0 spiro atoms. The van der Waals surface area contributed by atoms with Crippen molar-refractivity contribution in [3.8, 4) is 0 Å². The Morgan fingerprint density at radius 1 is 1.03 bits per heavy atom. The highest BCUT2D eigenvalue weighted by atomic mass is 32.2. The number of pyridine rings is 1. The molecule has 3 aromatic rings. The van der Waals surface area contributed by atoms with Crippen LogP contribution in [-0.2, 0) is 20.9 Å². The van der Waals surface area contributed by atoms with Crippen LogP contribution >= 0.6 is 23.1 Å². The molecule has 8 nitrogen and oxygen atoms in total. The Bertz CT molecular complexity index is 1430. The molecule has 0 bridgehead atoms. The second-order valence-corrected chi connectivity index (χ2v) is 11.9. The van der Waals surface area contributed by atoms with E-state index in [1.165, 1.54) is 21.2 Å². The molecule has 6 rings (SSSR count). The van der Waals surface area contributed by atoms with E-state index in [1.807, 2.05) is 30.0 Å². The summed E-state index contributed by atoms with van der Waals surface area (Å²) in [6.07, 6.45) is 6.40. The maximum atomic E-state index is 13.8. The minimum atomic E-state index is -0.697. The molecule has 2 saturated heterocycles. The largest absolute Gasteiger partial charge is 0.341 e. The summed E-state index contributed by atoms with van der Waals surface area (Å²) in [5.74, 6) is -1.82. The van der Waals surface area contributed by atoms with Crippen LogP contribution in [0, 0.1) is 12.8 Å². The van der Waals surface area contributed by atoms with Crippen LogP contribution in [0.4, 0.5) is 5.69 Å². The van der Waals surface area contributed by atoms with E-state index in [0.29, 0.717) is 23.8 Å². The van der Waals surface area contributed by atoms with Crippen LogP contribution in [0.3, 0.4) is 0 Å². The fourth-order valence-corrected chi connectivity index (χ4v) is 8.27. The molecule has 3 aliphatic rings. The lowest BCUT2D eigenvalue weighted by Crippen LogP contribution is -2.39. The highest BCUT2D eigenvalue weighted by molar-refractivity contribution is 8.00. The highest BCUT2D eigenvalue weighted by Gasteiger charge is 2.56. The summed E-state index contributed by atoms with van der Waals surface area (Å²) >= 11 is 2.31. The lowest BCUT2D eigenvalue weighted by atomic mass is 9.84. The monoisotopic (exact) mass is 534 g/mol. The van der Waals surface area contributed by atoms with Gasteiger partial charge in [-0.05, 0) is 49.9 Å². The Labute approximate surface area is 222 Å². The van der Waals surface area contributed by atoms with Crippen molar-refractivity contribution in [3.63, 3.8) is 0 Å². The number of aryl methyl sites for hydroxylation is 1. The molecule has 0 radical (unpaired) electrons. The summed E-state index contributed by atoms with van der Waals surface area (Å²) < 4.78 is 1.51. The number of piperidine rings is 1. The molecule has 2 unspecified atom stereocenters. The number of aromatic nitrogens is 2. The van der Waals surface area contributed by atoms with Crippen LogP contribution in [0.2, 0.25) is 0 Å². The molecular weight excluding hydrogens is 508 g/mol. The Morgan fingerprint density at radius 3 is 2.49 bits per heavy atom. The van der Waals surface area contributed by atoms with Gasteiger partial charge in [0.2, 0.25) is 17.7 Å². The van der Waals surface area contributed by atoms with Gasteiger partial charge in [0, 0.05) is 36.3 Å². The number of rotatable bonds is 4. The van der Waals surface area contributed by atoms with Crippen molar-refractivity contribution >= 4 is 46.5 Å². The normalized spacial score (nSPS) is 23.2. The van der Waals surface area contributed by atoms with E-state index >= 15 is 0 Å². The van der Waals surface area contributed by atoms with Gasteiger partial charge < -0.3 is 4.90 Å². The molecule has 0 saturated carbocycles. The lowest BCUT2D eigenvalue weighted by molar-refractivity contribution is -0.133. The third-order valence-corrected chi connectivity index (χ3v) is 9.99. The van der Waals surface area contributed by atoms with E-state index in [4.69, 9.17) is 0 Å². The number of likely N-dealkylation sites (tertiary alicyclic amines) is 1. The molecule has 2 aromatic heterocycles. The van der Waals surface area contributed by atoms with Crippen molar-refractivity contribution in [2.45, 2.75) is 48.9 Å². The molecule has 0 aliphatic carbocycles. The average Bonchev–Trinajstić information content (AvgIpc) is 3.36. The Kier molecular flexibility index (Phi) is 6.24. The first-order chi connectivity index (χ1) is 17.9. The summed E-state index contributed by atoms with van der Waals surface area (Å²) in [5.41, 5.74) is 2.36. The maximum absolute atomic E-state index is 13.8. The topological polar surface area (TPSA) is 92.6 Å². The molecule has 3 aliphatic heterocycles. The van der Waals surface area contributed by atoms with Crippen molar-refractivity contribution in [1.82, 2.24) is 14.5 Å². The minimum Gasteiger partial charge on any atom is -0.341 e. The molecular formula is C27H26N4O4S2. The van der Waals surface area contributed by atoms with Gasteiger partial charge in [-0.15, -0.1) is 0 Å². The fourth-order valence-electron chi connectivity index (χ4n) is 5.50. The van der Waals surface area contributed by atoms with Gasteiger partial charge in [0.15, 0.2) is 0 Å². The maximum Gasteiger partial charge on any atom is 0.308 e. The lowest BCUT2D eigenvalue weighted by Gasteiger charge is -2.31. The second-order valence-electron chi connectivity index (χ2n) is 9.74. The smallest absolute Gasteiger partial charge is 0.308 e. The van der Waals surface area contributed by atoms with Crippen LogP contribution in [0.15, 0.2) is 58.6 Å². The number of thioether (sulfide) groups is 1. The first kappa shape index (κ1) is 24.1. The SMILES string of the molecule is Cc1ccc(N2C(=O)C3Sc4c(sc(=O)n4CC(=O)N4CCCCC4)[C@@H](c4cccnc4)C3C2=O)cc1. The molecule has 37 heavy (non-hydrogen) atoms. The van der Waals surface area contributed by atoms with Crippen molar-refractivity contribution in [3.05, 3.63) is 74.5 Å². The van der Waals surface area contributed by atoms with Crippen LogP contribution in [-0.4, -0.2) is 50.5 Å². The zero-order valence-corrected chi connectivity index (χ0v) is 22.0. The van der Waals surface area contributed by atoms with E-state index in [0.717, 1.165) is 46.6 Å². The van der Waals surface area contributed by atoms with Gasteiger partial charge in [0.25, 0.3) is 0 Å². The minimum absolute atomic E-state index is 0.0569. The van der Waals surface area contributed by atoms with E-state index in [-0.39, 0.29) is 29.1 Å². The van der Waals surface area contributed by atoms with Gasteiger partial charge >= 0.3 is 4.87 Å². The number of hydrogen-bond acceptors (Lipinski definition) is 7. The number of imide groups is 1. The number of anilines is 1. The van der Waals surface area contributed by atoms with Crippen LogP contribution < -0.4 is 9.77 Å². The molecule has 0 N–H and O–H groups in total. The van der Waals surface area contributed by atoms with Gasteiger partial charge in [0.05, 0.1) is 16.6 Å². The molecule has 3 atom stereocenters. The first-order valence-electron chi connectivity index (χ1n) is 12.5. The Balaban J connectivity index is 1.42. The number of carbonyl (C=O) groups is 3. The highest BCUT2D eigenvalue weighted by Crippen LogP contribution is 2.53. The van der Waals surface area contributed by atoms with Crippen molar-refractivity contribution in [2.24, 2.45) is 5.92 Å². The Hall–Kier alpha value is -3.24. The predicted molar refractivity (Wildman–Crippen MR) is 142 cm³/mol. The number of benzene rings is 1. The second kappa shape index (κ2) is 9.57. The van der Waals surface area contributed by atoms with Crippen molar-refractivity contribution < 1.29 is 14.4 Å². The average molecular weight is 535 g/mol. The summed E-state index contributed by atoms with van der Waals surface area (Å²) in [4.78, 5) is 61.7. The zero-order valence-electron chi connectivity index (χ0n) is 20.3. The number of carbonyl (C=O) groups excluding carboxylic acids is 3. The predicted octanol–water partition coefficient (Wildman–Crippen LogP) is 3.42. The number of thiazole rings is 1. The number of nitrogens with zero attached hydrogens (tertiary/aromatic N) is 4. The summed E-state index contributed by atoms with van der Waals surface area (Å²) in [7, 11) is 0. The Morgan fingerprint density at radius 2 is 1.78 bits per heavy atom. The summed E-state index contributed by atoms with van der Waals surface area (Å²) in [6.45, 7) is 3.30. The van der Waals surface area contributed by atoms with E-state index < -0.39 is 17.1 Å². The standard InChI is InChI=1S/C27H26N4O4S2/c1-16-7-9-18(10-8-16)31-24(33)21-20(17-6-5-11-28-14-17)23-26(36-22(21)25(31)34)30(27(35)37-23)15-19(32)29-12-3-2-4-13-29/h5-11,14,20-22H,2-4,12-13,15H2,1H3/t20-,21?,22?/m0/s1. The van der Waals surface area contributed by atoms with Crippen LogP contribution in [0.5, 0.6) is 0 Å². The van der Waals surface area contributed by atoms with E-state index in [9.17, 15) is 19.2 Å². The molecule has 190 valence electrons. The fraction of sp³-hybridized carbons (Fsp3) is 0.370. The van der Waals surface area contributed by atoms with E-state index in [2.05, 4.69) is 4.98 Å². The molecule has 5 heterocycles. The molecule has 10 heteroatoms. The molecule has 2 fully saturated rings. The third-order valence-electron chi connectivity index (χ3n) is 7.39. The summed E-state index contributed by atoms with van der Waals surface area (Å²) in [5, 5.41) is -0.0841. The van der Waals surface area contributed by atoms with E-state index in [1.54, 1.807) is 30.6 Å². The van der Waals surface area contributed by atoms with Crippen LogP contribution in [0.25, 0.3) is 0 Å². The number of amides is 3. The van der Waals surface area contributed by atoms with Crippen LogP contribution in [0.1, 0.15) is 41.2 Å². The summed E-state index contributed by atoms with van der Waals surface area (Å²) in [6, 6.07) is 11.0.